The summed E-state index contributed by atoms with van der Waals surface area (Å²) < 4.78 is 5.61. The number of carbonyl (C=O) groups excluding carboxylic acids is 1. The SMILES string of the molecule is CC(C)(C)OC(=O)N(Cc1ccc(CC(=O)O)cc1)C1CCCCC1. The number of ether oxygens (including phenoxy) is 1. The Bertz CT molecular complexity index is 583. The van der Waals surface area contributed by atoms with Crippen LogP contribution in [-0.4, -0.2) is 33.7 Å². The zero-order valence-electron chi connectivity index (χ0n) is 15.5. The standard InChI is InChI=1S/C20H29NO4/c1-20(2,3)25-19(24)21(17-7-5-4-6-8-17)14-16-11-9-15(10-12-16)13-18(22)23/h9-12,17H,4-8,13-14H2,1-3H3,(H,22,23). The molecule has 1 aliphatic rings. The lowest BCUT2D eigenvalue weighted by Crippen LogP contribution is -2.43. The number of benzene rings is 1. The lowest BCUT2D eigenvalue weighted by atomic mass is 9.94. The summed E-state index contributed by atoms with van der Waals surface area (Å²) in [5.41, 5.74) is 1.23. The predicted molar refractivity (Wildman–Crippen MR) is 96.4 cm³/mol. The molecule has 1 aromatic carbocycles. The molecule has 25 heavy (non-hydrogen) atoms. The molecule has 1 amide bonds. The van der Waals surface area contributed by atoms with E-state index in [1.807, 2.05) is 49.9 Å². The van der Waals surface area contributed by atoms with Gasteiger partial charge < -0.3 is 14.7 Å². The maximum atomic E-state index is 12.7. The molecular weight excluding hydrogens is 318 g/mol. The van der Waals surface area contributed by atoms with Crippen LogP contribution in [0.15, 0.2) is 24.3 Å². The largest absolute Gasteiger partial charge is 0.481 e. The first-order chi connectivity index (χ1) is 11.7. The summed E-state index contributed by atoms with van der Waals surface area (Å²) in [6.07, 6.45) is 5.27. The average molecular weight is 347 g/mol. The molecule has 0 radical (unpaired) electrons. The monoisotopic (exact) mass is 347 g/mol. The first-order valence-electron chi connectivity index (χ1n) is 9.04. The minimum absolute atomic E-state index is 0.0126. The van der Waals surface area contributed by atoms with Crippen LogP contribution in [0.4, 0.5) is 4.79 Å². The first kappa shape index (κ1) is 19.3. The highest BCUT2D eigenvalue weighted by Gasteiger charge is 2.29. The fourth-order valence-corrected chi connectivity index (χ4v) is 3.19. The van der Waals surface area contributed by atoms with E-state index >= 15 is 0 Å². The molecule has 1 saturated carbocycles. The highest BCUT2D eigenvalue weighted by atomic mass is 16.6. The van der Waals surface area contributed by atoms with Crippen LogP contribution >= 0.6 is 0 Å². The molecular formula is C20H29NO4. The topological polar surface area (TPSA) is 66.8 Å². The minimum Gasteiger partial charge on any atom is -0.481 e. The van der Waals surface area contributed by atoms with Crippen molar-refractivity contribution in [2.24, 2.45) is 0 Å². The molecule has 1 aromatic rings. The number of nitrogens with zero attached hydrogens (tertiary/aromatic N) is 1. The van der Waals surface area contributed by atoms with Crippen molar-refractivity contribution in [1.29, 1.82) is 0 Å². The van der Waals surface area contributed by atoms with E-state index < -0.39 is 11.6 Å². The smallest absolute Gasteiger partial charge is 0.410 e. The van der Waals surface area contributed by atoms with Crippen LogP contribution in [0.25, 0.3) is 0 Å². The molecule has 138 valence electrons. The molecule has 1 N–H and O–H groups in total. The molecule has 2 rings (SSSR count). The molecule has 5 heteroatoms. The van der Waals surface area contributed by atoms with Gasteiger partial charge in [0, 0.05) is 12.6 Å². The fourth-order valence-electron chi connectivity index (χ4n) is 3.19. The molecule has 0 unspecified atom stereocenters. The summed E-state index contributed by atoms with van der Waals surface area (Å²) in [7, 11) is 0. The molecule has 0 bridgehead atoms. The van der Waals surface area contributed by atoms with Gasteiger partial charge >= 0.3 is 12.1 Å². The van der Waals surface area contributed by atoms with E-state index in [1.54, 1.807) is 0 Å². The van der Waals surface area contributed by atoms with Crippen LogP contribution in [0.3, 0.4) is 0 Å². The van der Waals surface area contributed by atoms with Gasteiger partial charge in [0.1, 0.15) is 5.60 Å². The van der Waals surface area contributed by atoms with Gasteiger partial charge in [-0.1, -0.05) is 43.5 Å². The van der Waals surface area contributed by atoms with E-state index in [1.165, 1.54) is 6.42 Å². The Morgan fingerprint density at radius 3 is 2.16 bits per heavy atom. The van der Waals surface area contributed by atoms with Crippen molar-refractivity contribution < 1.29 is 19.4 Å². The van der Waals surface area contributed by atoms with Gasteiger partial charge in [-0.25, -0.2) is 4.79 Å². The molecule has 0 aliphatic heterocycles. The zero-order chi connectivity index (χ0) is 18.4. The molecule has 5 nitrogen and oxygen atoms in total. The maximum Gasteiger partial charge on any atom is 0.410 e. The normalized spacial score (nSPS) is 15.6. The second kappa shape index (κ2) is 8.37. The van der Waals surface area contributed by atoms with E-state index in [-0.39, 0.29) is 18.6 Å². The Hall–Kier alpha value is -2.04. The van der Waals surface area contributed by atoms with Gasteiger partial charge in [0.15, 0.2) is 0 Å². The third-order valence-corrected chi connectivity index (χ3v) is 4.37. The summed E-state index contributed by atoms with van der Waals surface area (Å²) in [5, 5.41) is 8.86. The van der Waals surface area contributed by atoms with E-state index in [4.69, 9.17) is 9.84 Å². The number of carboxylic acid groups (broad SMARTS) is 1. The minimum atomic E-state index is -0.842. The number of carboxylic acids is 1. The van der Waals surface area contributed by atoms with Gasteiger partial charge in [0.05, 0.1) is 6.42 Å². The lowest BCUT2D eigenvalue weighted by Gasteiger charge is -2.35. The molecule has 0 atom stereocenters. The van der Waals surface area contributed by atoms with Crippen molar-refractivity contribution in [2.75, 3.05) is 0 Å². The van der Waals surface area contributed by atoms with Crippen molar-refractivity contribution in [3.8, 4) is 0 Å². The Morgan fingerprint density at radius 1 is 1.08 bits per heavy atom. The van der Waals surface area contributed by atoms with Crippen molar-refractivity contribution in [3.05, 3.63) is 35.4 Å². The summed E-state index contributed by atoms with van der Waals surface area (Å²) in [5.74, 6) is -0.842. The molecule has 0 heterocycles. The number of rotatable bonds is 5. The van der Waals surface area contributed by atoms with Gasteiger partial charge in [0.2, 0.25) is 0 Å². The summed E-state index contributed by atoms with van der Waals surface area (Å²) in [6, 6.07) is 7.65. The van der Waals surface area contributed by atoms with Crippen LogP contribution < -0.4 is 0 Å². The van der Waals surface area contributed by atoms with Crippen LogP contribution in [-0.2, 0) is 22.5 Å². The van der Waals surface area contributed by atoms with Crippen LogP contribution in [0.5, 0.6) is 0 Å². The number of aliphatic carboxylic acids is 1. The van der Waals surface area contributed by atoms with E-state index in [0.29, 0.717) is 6.54 Å². The number of amides is 1. The third-order valence-electron chi connectivity index (χ3n) is 4.37. The van der Waals surface area contributed by atoms with Crippen LogP contribution in [0.1, 0.15) is 64.0 Å². The van der Waals surface area contributed by atoms with Crippen LogP contribution in [0.2, 0.25) is 0 Å². The van der Waals surface area contributed by atoms with E-state index in [0.717, 1.165) is 36.8 Å². The van der Waals surface area contributed by atoms with Gasteiger partial charge in [-0.15, -0.1) is 0 Å². The molecule has 0 spiro atoms. The van der Waals surface area contributed by atoms with Gasteiger partial charge in [-0.05, 0) is 44.7 Å². The Morgan fingerprint density at radius 2 is 1.64 bits per heavy atom. The molecule has 1 aliphatic carbocycles. The molecule has 1 fully saturated rings. The Kier molecular flexibility index (Phi) is 6.45. The quantitative estimate of drug-likeness (QED) is 0.858. The molecule has 0 saturated heterocycles. The van der Waals surface area contributed by atoms with Crippen molar-refractivity contribution in [1.82, 2.24) is 4.90 Å². The van der Waals surface area contributed by atoms with Gasteiger partial charge in [0.25, 0.3) is 0 Å². The predicted octanol–water partition coefficient (Wildman–Crippen LogP) is 4.38. The third kappa shape index (κ3) is 6.40. The van der Waals surface area contributed by atoms with Crippen molar-refractivity contribution >= 4 is 12.1 Å². The van der Waals surface area contributed by atoms with E-state index in [2.05, 4.69) is 0 Å². The second-order valence-electron chi connectivity index (χ2n) is 7.79. The molecule has 0 aromatic heterocycles. The number of hydrogen-bond acceptors (Lipinski definition) is 3. The average Bonchev–Trinajstić information content (AvgIpc) is 2.52. The van der Waals surface area contributed by atoms with Crippen LogP contribution in [0, 0.1) is 0 Å². The first-order valence-corrected chi connectivity index (χ1v) is 9.04. The summed E-state index contributed by atoms with van der Waals surface area (Å²) >= 11 is 0. The lowest BCUT2D eigenvalue weighted by molar-refractivity contribution is -0.136. The highest BCUT2D eigenvalue weighted by molar-refractivity contribution is 5.70. The Balaban J connectivity index is 2.11. The summed E-state index contributed by atoms with van der Waals surface area (Å²) in [4.78, 5) is 25.3. The van der Waals surface area contributed by atoms with Gasteiger partial charge in [-0.3, -0.25) is 4.79 Å². The van der Waals surface area contributed by atoms with Gasteiger partial charge in [-0.2, -0.15) is 0 Å². The van der Waals surface area contributed by atoms with E-state index in [9.17, 15) is 9.59 Å². The summed E-state index contributed by atoms with van der Waals surface area (Å²) in [6.45, 7) is 6.13. The second-order valence-corrected chi connectivity index (χ2v) is 7.79. The fraction of sp³-hybridized carbons (Fsp3) is 0.600. The number of carbonyl (C=O) groups is 2. The van der Waals surface area contributed by atoms with Crippen molar-refractivity contribution in [3.63, 3.8) is 0 Å². The maximum absolute atomic E-state index is 12.7. The Labute approximate surface area is 150 Å². The zero-order valence-corrected chi connectivity index (χ0v) is 15.5. The highest BCUT2D eigenvalue weighted by Crippen LogP contribution is 2.26. The van der Waals surface area contributed by atoms with Crippen molar-refractivity contribution in [2.45, 2.75) is 77.5 Å². The number of hydrogen-bond donors (Lipinski definition) is 1.